The van der Waals surface area contributed by atoms with Gasteiger partial charge in [0, 0.05) is 66.0 Å². The number of hydrogen-bond acceptors (Lipinski definition) is 13. The van der Waals surface area contributed by atoms with E-state index in [4.69, 9.17) is 23.7 Å². The van der Waals surface area contributed by atoms with Gasteiger partial charge in [-0.2, -0.15) is 19.2 Å². The van der Waals surface area contributed by atoms with Crippen molar-refractivity contribution in [3.8, 4) is 0 Å². The van der Waals surface area contributed by atoms with Crippen LogP contribution in [0.25, 0.3) is 65.7 Å². The monoisotopic (exact) mass is 1960 g/mol. The highest BCUT2D eigenvalue weighted by atomic mass is 19.2. The van der Waals surface area contributed by atoms with E-state index in [0.717, 1.165) is 32.7 Å². The number of carbonyl (C=O) groups excluding carboxylic acids is 5. The number of benzene rings is 6. The highest BCUT2D eigenvalue weighted by Gasteiger charge is 2.31. The first-order chi connectivity index (χ1) is 59.6. The molecule has 5 atom stereocenters. The van der Waals surface area contributed by atoms with E-state index < -0.39 is 91.3 Å². The first-order valence-corrected chi connectivity index (χ1v) is 41.6. The number of ether oxygens (including phenoxy) is 5. The van der Waals surface area contributed by atoms with Crippen molar-refractivity contribution in [2.75, 3.05) is 66.4 Å². The van der Waals surface area contributed by atoms with Gasteiger partial charge in [-0.1, -0.05) is 247 Å². The summed E-state index contributed by atoms with van der Waals surface area (Å²) in [4.78, 5) is 63.2. The van der Waals surface area contributed by atoms with Crippen LogP contribution in [0.2, 0.25) is 0 Å². The average Bonchev–Trinajstić information content (AvgIpc) is 1.62. The lowest BCUT2D eigenvalue weighted by atomic mass is 9.91. The lowest BCUT2D eigenvalue weighted by Crippen LogP contribution is -2.26. The molecule has 0 aliphatic rings. The van der Waals surface area contributed by atoms with Crippen LogP contribution < -0.4 is 0 Å². The SMILES string of the molecule is C.C.C.C.C.C.C.C.C.C.CC.CCC(C)(C)C(=O)OCCC(F)CF.CCC(C)(C)C(=O)OCCC(F)CF.CCC(C)(C)C(=O)OCCC(F)CF.CCC(C)(C)C(=O)OCCC(F)CF.CCC(C)(C)C(=O)OCCC(F)CF.Fn1c2ccccc2c2ccccc21.Fn1ccc2ccccc21.Fn1ccc2ccccc21.Fn1cnc2ccccc21.Fn1nnc2ccccc21. The number of esters is 5. The molecule has 0 fully saturated rings. The Hall–Kier alpha value is -10.6. The molecule has 18 nitrogen and oxygen atoms in total. The van der Waals surface area contributed by atoms with E-state index in [0.29, 0.717) is 90.6 Å². The van der Waals surface area contributed by atoms with Gasteiger partial charge in [-0.05, 0) is 167 Å². The standard InChI is InChI=1S/C12H8FN.5C10H18F2O2.2C8H6FN.C7H5FN2.C6H4FN3.C2H6.10CH4/c13-14-11-7-3-1-5-9(11)10-6-2-4-8-12(10)14;5*1-4-10(2,3)9(13)14-6-5-8(12)7-11;2*9-10-6-5-7-3-1-2-4-8(7)10;8-10-5-9-6-3-1-2-4-7(6)10;7-10-6-4-2-1-3-5(6)8-9-10;1-2;;;;;;;;;;/h1-8H;5*8H,4-7H2,1-3H3;2*1-6H;1-5H;1-4H;1-2H3;10*1H4. The topological polar surface area (TPSA) is 195 Å². The zero-order valence-electron chi connectivity index (χ0n) is 75.1. The highest BCUT2D eigenvalue weighted by Crippen LogP contribution is 2.30. The number of fused-ring (bicyclic) bond motifs is 7. The Labute approximate surface area is 802 Å². The molecular weight excluding hydrogens is 1790 g/mol. The highest BCUT2D eigenvalue weighted by molar-refractivity contribution is 6.07. The lowest BCUT2D eigenvalue weighted by molar-refractivity contribution is -0.155. The molecule has 6 aromatic carbocycles. The number of alkyl halides is 10. The molecule has 0 aliphatic heterocycles. The summed E-state index contributed by atoms with van der Waals surface area (Å²) in [6, 6.07) is 47.1. The van der Waals surface area contributed by atoms with Crippen LogP contribution in [0.4, 0.5) is 66.3 Å². The maximum atomic E-state index is 13.7. The molecule has 0 N–H and O–H groups in total. The molecule has 0 spiro atoms. The van der Waals surface area contributed by atoms with Crippen molar-refractivity contribution < 1.29 is 114 Å². The molecule has 0 amide bonds. The molecule has 5 unspecified atom stereocenters. The first-order valence-electron chi connectivity index (χ1n) is 41.6. The van der Waals surface area contributed by atoms with Gasteiger partial charge in [-0.3, -0.25) is 24.0 Å². The minimum Gasteiger partial charge on any atom is -0.465 e. The molecule has 0 bridgehead atoms. The Morgan fingerprint density at radius 3 is 0.779 bits per heavy atom. The number of imidazole rings is 1. The van der Waals surface area contributed by atoms with Crippen LogP contribution in [0.15, 0.2) is 176 Å². The fraction of sp³-hybridized carbons (Fsp3) is 0.553. The van der Waals surface area contributed by atoms with Gasteiger partial charge < -0.3 is 23.7 Å². The zero-order valence-corrected chi connectivity index (χ0v) is 75.1. The number of para-hydroxylation sites is 7. The predicted molar refractivity (Wildman–Crippen MR) is 534 cm³/mol. The number of halogens is 15. The van der Waals surface area contributed by atoms with Crippen molar-refractivity contribution in [2.45, 2.75) is 287 Å². The van der Waals surface area contributed by atoms with Crippen molar-refractivity contribution in [3.63, 3.8) is 0 Å². The van der Waals surface area contributed by atoms with Crippen LogP contribution in [0.3, 0.4) is 0 Å². The van der Waals surface area contributed by atoms with Gasteiger partial charge >= 0.3 is 29.8 Å². The second-order valence-corrected chi connectivity index (χ2v) is 31.2. The number of nitrogens with zero attached hydrogens (tertiary/aromatic N) is 8. The van der Waals surface area contributed by atoms with Crippen LogP contribution in [-0.2, 0) is 47.7 Å². The fourth-order valence-corrected chi connectivity index (χ4v) is 9.22. The van der Waals surface area contributed by atoms with Gasteiger partial charge in [0.25, 0.3) is 0 Å². The Balaban J connectivity index is -0.000000161. The predicted octanol–water partition coefficient (Wildman–Crippen LogP) is 31.9. The second-order valence-electron chi connectivity index (χ2n) is 31.2. The van der Waals surface area contributed by atoms with Crippen molar-refractivity contribution in [1.82, 2.24) is 39.4 Å². The Morgan fingerprint density at radius 2 is 0.537 bits per heavy atom. The van der Waals surface area contributed by atoms with Gasteiger partial charge in [0.15, 0.2) is 0 Å². The minimum absolute atomic E-state index is 0. The molecule has 11 aromatic rings. The van der Waals surface area contributed by atoms with Crippen molar-refractivity contribution >= 4 is 95.5 Å². The minimum atomic E-state index is -1.52. The van der Waals surface area contributed by atoms with E-state index in [-0.39, 0.29) is 174 Å². The second kappa shape index (κ2) is 76.4. The first kappa shape index (κ1) is 146. The van der Waals surface area contributed by atoms with E-state index in [1.165, 1.54) is 12.4 Å². The van der Waals surface area contributed by atoms with Crippen LogP contribution in [0.1, 0.15) is 256 Å². The lowest BCUT2D eigenvalue weighted by Gasteiger charge is -2.20. The van der Waals surface area contributed by atoms with E-state index in [2.05, 4.69) is 15.3 Å². The number of hydrogen-bond donors (Lipinski definition) is 0. The average molecular weight is 1960 g/mol. The molecule has 5 aromatic heterocycles. The zero-order chi connectivity index (χ0) is 95.4. The van der Waals surface area contributed by atoms with Gasteiger partial charge in [-0.15, -0.1) is 5.10 Å². The molecule has 0 saturated heterocycles. The molecule has 33 heteroatoms. The van der Waals surface area contributed by atoms with Crippen molar-refractivity contribution in [3.05, 3.63) is 176 Å². The van der Waals surface area contributed by atoms with Gasteiger partial charge in [0.05, 0.1) is 87.7 Å². The maximum Gasteiger partial charge on any atom is 0.311 e. The van der Waals surface area contributed by atoms with Crippen LogP contribution >= 0.6 is 0 Å². The third-order valence-corrected chi connectivity index (χ3v) is 19.7. The normalized spacial score (nSPS) is 11.4. The Morgan fingerprint density at radius 1 is 0.309 bits per heavy atom. The van der Waals surface area contributed by atoms with Gasteiger partial charge in [-0.25, -0.2) is 48.9 Å². The summed E-state index contributed by atoms with van der Waals surface area (Å²) in [6.45, 7) is 25.7. The Bertz CT molecular complexity index is 4310. The van der Waals surface area contributed by atoms with Gasteiger partial charge in [0.2, 0.25) is 0 Å². The smallest absolute Gasteiger partial charge is 0.311 e. The van der Waals surface area contributed by atoms with E-state index >= 15 is 0 Å². The summed E-state index contributed by atoms with van der Waals surface area (Å²) < 4.78 is 209. The summed E-state index contributed by atoms with van der Waals surface area (Å²) in [5.41, 5.74) is 2.00. The summed E-state index contributed by atoms with van der Waals surface area (Å²) in [5, 5.41) is 10.5. The molecule has 11 rings (SSSR count). The molecule has 5 heterocycles. The van der Waals surface area contributed by atoms with Crippen molar-refractivity contribution in [2.24, 2.45) is 27.1 Å². The molecular formula is C103H165F15N8O10. The summed E-state index contributed by atoms with van der Waals surface area (Å²) in [6.07, 6.45) is -0.665. The number of aromatic nitrogens is 8. The van der Waals surface area contributed by atoms with Crippen molar-refractivity contribution in [1.29, 1.82) is 0 Å². The Kier molecular flexibility index (Phi) is 81.9. The van der Waals surface area contributed by atoms with E-state index in [1.807, 2.05) is 127 Å². The summed E-state index contributed by atoms with van der Waals surface area (Å²) in [5.74, 6) is -1.78. The van der Waals surface area contributed by atoms with Crippen LogP contribution in [0.5, 0.6) is 0 Å². The van der Waals surface area contributed by atoms with E-state index in [1.54, 1.807) is 148 Å². The third-order valence-electron chi connectivity index (χ3n) is 19.7. The number of carbonyl (C=O) groups is 5. The number of rotatable bonds is 30. The van der Waals surface area contributed by atoms with Crippen LogP contribution in [0, 0.1) is 27.1 Å². The quantitative estimate of drug-likeness (QED) is 0.0235. The molecule has 136 heavy (non-hydrogen) atoms. The molecule has 782 valence electrons. The fourth-order valence-electron chi connectivity index (χ4n) is 9.22. The molecule has 0 aliphatic carbocycles. The molecule has 0 saturated carbocycles. The molecule has 0 radical (unpaired) electrons. The van der Waals surface area contributed by atoms with Crippen LogP contribution in [-0.4, -0.2) is 166 Å². The van der Waals surface area contributed by atoms with Gasteiger partial charge in [0.1, 0.15) is 87.1 Å². The summed E-state index contributed by atoms with van der Waals surface area (Å²) in [7, 11) is 0. The van der Waals surface area contributed by atoms with E-state index in [9.17, 15) is 90.3 Å². The summed E-state index contributed by atoms with van der Waals surface area (Å²) >= 11 is 0. The maximum absolute atomic E-state index is 13.7. The largest absolute Gasteiger partial charge is 0.465 e. The third kappa shape index (κ3) is 52.1.